The summed E-state index contributed by atoms with van der Waals surface area (Å²) < 4.78 is 11.1. The van der Waals surface area contributed by atoms with Crippen molar-refractivity contribution in [3.8, 4) is 0 Å². The Labute approximate surface area is 165 Å². The van der Waals surface area contributed by atoms with Gasteiger partial charge >= 0.3 is 0 Å². The number of allylic oxidation sites excluding steroid dienone is 1. The Kier molecular flexibility index (Phi) is 2.39. The van der Waals surface area contributed by atoms with Crippen molar-refractivity contribution >= 4 is 52.2 Å². The fourth-order valence-electron chi connectivity index (χ4n) is 6.06. The van der Waals surface area contributed by atoms with Gasteiger partial charge in [0.2, 0.25) is 0 Å². The molecule has 2 bridgehead atoms. The van der Waals surface area contributed by atoms with E-state index in [1.54, 1.807) is 0 Å². The Morgan fingerprint density at radius 1 is 1.14 bits per heavy atom. The first kappa shape index (κ1) is 14.8. The van der Waals surface area contributed by atoms with E-state index in [0.29, 0.717) is 6.42 Å². The van der Waals surface area contributed by atoms with Crippen molar-refractivity contribution in [1.82, 2.24) is 9.13 Å². The Morgan fingerprint density at radius 2 is 2.10 bits per heavy atom. The summed E-state index contributed by atoms with van der Waals surface area (Å²) in [6, 6.07) is 0. The molecule has 0 spiro atoms. The van der Waals surface area contributed by atoms with Crippen LogP contribution in [-0.4, -0.2) is 27.2 Å². The van der Waals surface area contributed by atoms with Gasteiger partial charge < -0.3 is 13.9 Å². The molecule has 3 aliphatic heterocycles. The van der Waals surface area contributed by atoms with Crippen LogP contribution in [0.15, 0.2) is 23.2 Å². The lowest BCUT2D eigenvalue weighted by atomic mass is 9.93. The lowest BCUT2D eigenvalue weighted by molar-refractivity contribution is -0.0198. The van der Waals surface area contributed by atoms with E-state index in [-0.39, 0.29) is 18.1 Å². The molecule has 1 aromatic carbocycles. The number of nitrogens with zero attached hydrogens (tertiary/aromatic N) is 3. The molecule has 2 atom stereocenters. The maximum atomic E-state index is 13.1. The highest BCUT2D eigenvalue weighted by Gasteiger charge is 2.36. The SMILES string of the molecule is O=C1CCC=c2c1c1c3c(c4c5c6n7c4c1n2C/C=C\C7OC(C=C5)C6)C=NC=3. The number of benzene rings is 1. The number of hydrogen-bond acceptors (Lipinski definition) is 3. The molecule has 0 fully saturated rings. The van der Waals surface area contributed by atoms with Crippen molar-refractivity contribution in [3.05, 3.63) is 51.2 Å². The van der Waals surface area contributed by atoms with Gasteiger partial charge in [0.15, 0.2) is 12.0 Å². The van der Waals surface area contributed by atoms with Crippen molar-refractivity contribution in [3.63, 3.8) is 0 Å². The summed E-state index contributed by atoms with van der Waals surface area (Å²) in [5.41, 5.74) is 7.02. The van der Waals surface area contributed by atoms with Gasteiger partial charge in [0.05, 0.1) is 22.7 Å². The maximum absolute atomic E-state index is 13.1. The number of aliphatic imine (C=N–C) groups is 1. The third-order valence-electron chi connectivity index (χ3n) is 7.13. The van der Waals surface area contributed by atoms with Crippen molar-refractivity contribution in [2.75, 3.05) is 0 Å². The number of ketones is 1. The van der Waals surface area contributed by atoms with Crippen LogP contribution in [0.25, 0.3) is 40.2 Å². The average Bonchev–Trinajstić information content (AvgIpc) is 3.39. The molecule has 5 heteroatoms. The number of Topliss-reactive ketones (excluding diaryl/α,β-unsaturated/α-hetero) is 1. The second-order valence-electron chi connectivity index (χ2n) is 8.51. The minimum Gasteiger partial charge on any atom is -0.347 e. The third-order valence-corrected chi connectivity index (χ3v) is 7.13. The molecule has 5 heterocycles. The number of carbonyl (C=O) groups is 1. The zero-order valence-electron chi connectivity index (χ0n) is 15.7. The fraction of sp³-hybridized carbons (Fsp3) is 0.250. The van der Waals surface area contributed by atoms with Gasteiger partial charge in [0.25, 0.3) is 0 Å². The zero-order valence-corrected chi connectivity index (χ0v) is 15.7. The molecule has 29 heavy (non-hydrogen) atoms. The molecule has 8 rings (SSSR count). The molecular formula is C24H17N3O2. The van der Waals surface area contributed by atoms with E-state index >= 15 is 0 Å². The number of carbonyl (C=O) groups excluding carboxylic acids is 1. The first-order valence-electron chi connectivity index (χ1n) is 10.3. The second kappa shape index (κ2) is 4.69. The summed E-state index contributed by atoms with van der Waals surface area (Å²) >= 11 is 0. The molecule has 0 amide bonds. The van der Waals surface area contributed by atoms with Gasteiger partial charge in [-0.2, -0.15) is 0 Å². The topological polar surface area (TPSA) is 48.5 Å². The lowest BCUT2D eigenvalue weighted by Gasteiger charge is -2.33. The van der Waals surface area contributed by atoms with Gasteiger partial charge in [-0.25, -0.2) is 0 Å². The number of ether oxygens (including phenoxy) is 1. The first-order chi connectivity index (χ1) is 14.3. The molecule has 5 aliphatic rings. The van der Waals surface area contributed by atoms with E-state index < -0.39 is 0 Å². The van der Waals surface area contributed by atoms with E-state index in [1.807, 2.05) is 12.4 Å². The maximum Gasteiger partial charge on any atom is 0.165 e. The Balaban J connectivity index is 1.77. The summed E-state index contributed by atoms with van der Waals surface area (Å²) in [6.45, 7) is 0.748. The van der Waals surface area contributed by atoms with Crippen molar-refractivity contribution in [2.45, 2.75) is 38.1 Å². The fourth-order valence-corrected chi connectivity index (χ4v) is 6.06. The molecule has 3 aromatic rings. The number of aromatic nitrogens is 2. The van der Waals surface area contributed by atoms with Crippen LogP contribution in [0.4, 0.5) is 0 Å². The van der Waals surface area contributed by atoms with Crippen molar-refractivity contribution in [1.29, 1.82) is 0 Å². The lowest BCUT2D eigenvalue weighted by Crippen LogP contribution is -2.31. The molecule has 0 saturated heterocycles. The number of fused-ring (bicyclic) bond motifs is 8. The molecule has 0 radical (unpaired) electrons. The summed E-state index contributed by atoms with van der Waals surface area (Å²) in [5, 5.41) is 4.51. The molecule has 140 valence electrons. The highest BCUT2D eigenvalue weighted by Crippen LogP contribution is 2.44. The average molecular weight is 379 g/mol. The molecule has 0 N–H and O–H groups in total. The molecule has 2 unspecified atom stereocenters. The standard InChI is InChI=1S/C24H17N3O2/c28-18-4-1-3-16-22(18)21-15-11-25-10-14(15)20-13-7-6-12-9-17(13)27-19(29-12)5-2-8-26(16)23(21)24(20)27/h2-3,5-7,10-12,19H,1,4,8-9H2/b5-2-. The Hall–Kier alpha value is -3.18. The zero-order chi connectivity index (χ0) is 18.9. The third kappa shape index (κ3) is 1.53. The van der Waals surface area contributed by atoms with Crippen LogP contribution in [-0.2, 0) is 17.7 Å². The highest BCUT2D eigenvalue weighted by molar-refractivity contribution is 6.22. The van der Waals surface area contributed by atoms with E-state index in [4.69, 9.17) is 4.74 Å². The van der Waals surface area contributed by atoms with E-state index in [0.717, 1.165) is 52.0 Å². The second-order valence-corrected chi connectivity index (χ2v) is 8.51. The summed E-state index contributed by atoms with van der Waals surface area (Å²) in [4.78, 5) is 17.6. The molecule has 2 aliphatic carbocycles. The van der Waals surface area contributed by atoms with E-state index in [1.165, 1.54) is 22.2 Å². The van der Waals surface area contributed by atoms with Crippen LogP contribution in [0.2, 0.25) is 0 Å². The van der Waals surface area contributed by atoms with Crippen LogP contribution < -0.4 is 10.6 Å². The van der Waals surface area contributed by atoms with Gasteiger partial charge in [-0.3, -0.25) is 9.79 Å². The highest BCUT2D eigenvalue weighted by atomic mass is 16.5. The van der Waals surface area contributed by atoms with Gasteiger partial charge in [-0.05, 0) is 12.5 Å². The summed E-state index contributed by atoms with van der Waals surface area (Å²) in [6.07, 6.45) is 17.3. The van der Waals surface area contributed by atoms with Crippen LogP contribution in [0, 0.1) is 0 Å². The number of rotatable bonds is 0. The monoisotopic (exact) mass is 379 g/mol. The molecular weight excluding hydrogens is 362 g/mol. The van der Waals surface area contributed by atoms with E-state index in [9.17, 15) is 4.79 Å². The van der Waals surface area contributed by atoms with Crippen LogP contribution in [0.3, 0.4) is 0 Å². The smallest absolute Gasteiger partial charge is 0.165 e. The van der Waals surface area contributed by atoms with Gasteiger partial charge in [-0.1, -0.05) is 24.3 Å². The Bertz CT molecular complexity index is 1560. The van der Waals surface area contributed by atoms with Gasteiger partial charge in [0.1, 0.15) is 0 Å². The quantitative estimate of drug-likeness (QED) is 0.564. The predicted molar refractivity (Wildman–Crippen MR) is 113 cm³/mol. The van der Waals surface area contributed by atoms with Gasteiger partial charge in [-0.15, -0.1) is 0 Å². The largest absolute Gasteiger partial charge is 0.347 e. The minimum absolute atomic E-state index is 0.103. The van der Waals surface area contributed by atoms with Crippen molar-refractivity contribution < 1.29 is 9.53 Å². The molecule has 2 aromatic heterocycles. The predicted octanol–water partition coefficient (Wildman–Crippen LogP) is 2.56. The molecule has 5 nitrogen and oxygen atoms in total. The minimum atomic E-state index is -0.103. The normalized spacial score (nSPS) is 25.9. The summed E-state index contributed by atoms with van der Waals surface area (Å²) in [5.74, 6) is 0.249. The van der Waals surface area contributed by atoms with Gasteiger partial charge in [0, 0.05) is 70.0 Å². The van der Waals surface area contributed by atoms with Crippen molar-refractivity contribution in [2.24, 2.45) is 4.99 Å². The van der Waals surface area contributed by atoms with Crippen LogP contribution in [0.1, 0.15) is 46.2 Å². The number of hydrogen-bond donors (Lipinski definition) is 0. The molecule has 0 saturated carbocycles. The first-order valence-corrected chi connectivity index (χ1v) is 10.3. The van der Waals surface area contributed by atoms with E-state index in [2.05, 4.69) is 44.5 Å². The van der Waals surface area contributed by atoms with Crippen LogP contribution in [0.5, 0.6) is 0 Å². The Morgan fingerprint density at radius 3 is 3.07 bits per heavy atom. The van der Waals surface area contributed by atoms with Crippen LogP contribution >= 0.6 is 0 Å². The summed E-state index contributed by atoms with van der Waals surface area (Å²) in [7, 11) is 0.